The number of rotatable bonds is 3. The number of amides is 1. The summed E-state index contributed by atoms with van der Waals surface area (Å²) in [6.45, 7) is 2.06. The minimum Gasteiger partial charge on any atom is -0.387 e. The third-order valence-corrected chi connectivity index (χ3v) is 2.98. The van der Waals surface area contributed by atoms with Crippen LogP contribution in [0.2, 0.25) is 0 Å². The molecule has 4 heteroatoms. The van der Waals surface area contributed by atoms with Gasteiger partial charge in [-0.25, -0.2) is 0 Å². The van der Waals surface area contributed by atoms with E-state index in [0.717, 1.165) is 22.2 Å². The summed E-state index contributed by atoms with van der Waals surface area (Å²) in [4.78, 5) is 16.2. The maximum atomic E-state index is 11.4. The number of nitrogens with zero attached hydrogens (tertiary/aromatic N) is 1. The fourth-order valence-electron chi connectivity index (χ4n) is 1.98. The molecule has 0 atom stereocenters. The molecule has 4 nitrogen and oxygen atoms in total. The second-order valence-corrected chi connectivity index (χ2v) is 4.18. The number of carbonyl (C=O) groups is 1. The zero-order valence-corrected chi connectivity index (χ0v) is 10.0. The summed E-state index contributed by atoms with van der Waals surface area (Å²) in [5.41, 5.74) is 3.23. The van der Waals surface area contributed by atoms with Crippen LogP contribution in [0.4, 0.5) is 0 Å². The fraction of sp³-hybridized carbons (Fsp3) is 0.308. The fourth-order valence-corrected chi connectivity index (χ4v) is 1.98. The van der Waals surface area contributed by atoms with Crippen molar-refractivity contribution >= 4 is 16.8 Å². The van der Waals surface area contributed by atoms with Gasteiger partial charge in [0.15, 0.2) is 0 Å². The molecule has 0 saturated carbocycles. The molecule has 1 aromatic heterocycles. The molecular weight excluding hydrogens is 216 g/mol. The van der Waals surface area contributed by atoms with Gasteiger partial charge in [0.25, 0.3) is 0 Å². The van der Waals surface area contributed by atoms with Crippen LogP contribution in [0.3, 0.4) is 0 Å². The standard InChI is InChI=1S/C13H16N2O2/c1-9-11(7-15(2)13(17)8-16)10-5-3-4-6-12(10)14-9/h3-6,14,16H,7-8H2,1-2H3. The van der Waals surface area contributed by atoms with Gasteiger partial charge < -0.3 is 15.0 Å². The normalized spacial score (nSPS) is 10.8. The van der Waals surface area contributed by atoms with Gasteiger partial charge in [0.05, 0.1) is 0 Å². The molecule has 0 aliphatic heterocycles. The second kappa shape index (κ2) is 4.59. The van der Waals surface area contributed by atoms with E-state index < -0.39 is 6.61 Å². The summed E-state index contributed by atoms with van der Waals surface area (Å²) >= 11 is 0. The van der Waals surface area contributed by atoms with Crippen LogP contribution in [0.1, 0.15) is 11.3 Å². The van der Waals surface area contributed by atoms with Crippen molar-refractivity contribution in [3.05, 3.63) is 35.5 Å². The van der Waals surface area contributed by atoms with Gasteiger partial charge in [-0.05, 0) is 18.6 Å². The van der Waals surface area contributed by atoms with Crippen LogP contribution in [-0.4, -0.2) is 34.6 Å². The van der Waals surface area contributed by atoms with E-state index in [0.29, 0.717) is 6.54 Å². The molecule has 2 N–H and O–H groups in total. The number of fused-ring (bicyclic) bond motifs is 1. The van der Waals surface area contributed by atoms with Crippen molar-refractivity contribution in [3.63, 3.8) is 0 Å². The lowest BCUT2D eigenvalue weighted by Crippen LogP contribution is -2.28. The topological polar surface area (TPSA) is 56.3 Å². The highest BCUT2D eigenvalue weighted by atomic mass is 16.3. The summed E-state index contributed by atoms with van der Waals surface area (Å²) in [6, 6.07) is 8.00. The quantitative estimate of drug-likeness (QED) is 0.841. The molecule has 0 saturated heterocycles. The first-order valence-electron chi connectivity index (χ1n) is 5.54. The molecule has 0 aliphatic carbocycles. The Labute approximate surface area is 99.9 Å². The van der Waals surface area contributed by atoms with Crippen LogP contribution in [0, 0.1) is 6.92 Å². The van der Waals surface area contributed by atoms with Gasteiger partial charge in [-0.2, -0.15) is 0 Å². The smallest absolute Gasteiger partial charge is 0.248 e. The van der Waals surface area contributed by atoms with Crippen molar-refractivity contribution in [2.75, 3.05) is 13.7 Å². The summed E-state index contributed by atoms with van der Waals surface area (Å²) < 4.78 is 0. The van der Waals surface area contributed by atoms with Gasteiger partial charge in [-0.15, -0.1) is 0 Å². The predicted octanol–water partition coefficient (Wildman–Crippen LogP) is 1.43. The average molecular weight is 232 g/mol. The largest absolute Gasteiger partial charge is 0.387 e. The van der Waals surface area contributed by atoms with Crippen LogP contribution < -0.4 is 0 Å². The molecule has 1 amide bonds. The van der Waals surface area contributed by atoms with E-state index in [1.807, 2.05) is 31.2 Å². The molecule has 2 aromatic rings. The Morgan fingerprint density at radius 3 is 2.82 bits per heavy atom. The Kier molecular flexibility index (Phi) is 3.15. The van der Waals surface area contributed by atoms with Gasteiger partial charge in [-0.1, -0.05) is 18.2 Å². The Hall–Kier alpha value is -1.81. The third kappa shape index (κ3) is 2.17. The maximum absolute atomic E-state index is 11.4. The lowest BCUT2D eigenvalue weighted by atomic mass is 10.1. The van der Waals surface area contributed by atoms with Gasteiger partial charge in [0.2, 0.25) is 5.91 Å². The van der Waals surface area contributed by atoms with Crippen molar-refractivity contribution in [1.29, 1.82) is 0 Å². The van der Waals surface area contributed by atoms with E-state index in [-0.39, 0.29) is 5.91 Å². The van der Waals surface area contributed by atoms with Gasteiger partial charge in [-0.3, -0.25) is 4.79 Å². The average Bonchev–Trinajstić information content (AvgIpc) is 2.65. The molecule has 0 unspecified atom stereocenters. The summed E-state index contributed by atoms with van der Waals surface area (Å²) in [6.07, 6.45) is 0. The van der Waals surface area contributed by atoms with Crippen molar-refractivity contribution < 1.29 is 9.90 Å². The van der Waals surface area contributed by atoms with Crippen molar-refractivity contribution in [2.45, 2.75) is 13.5 Å². The first-order valence-corrected chi connectivity index (χ1v) is 5.54. The van der Waals surface area contributed by atoms with Crippen LogP contribution in [0.25, 0.3) is 10.9 Å². The summed E-state index contributed by atoms with van der Waals surface area (Å²) in [5.74, 6) is -0.269. The number of hydrogen-bond acceptors (Lipinski definition) is 2. The molecule has 90 valence electrons. The minimum atomic E-state index is -0.447. The van der Waals surface area contributed by atoms with E-state index in [4.69, 9.17) is 5.11 Å². The SMILES string of the molecule is Cc1[nH]c2ccccc2c1CN(C)C(=O)CO. The first-order chi connectivity index (χ1) is 8.13. The number of nitrogens with one attached hydrogen (secondary N) is 1. The van der Waals surface area contributed by atoms with Crippen LogP contribution >= 0.6 is 0 Å². The molecule has 1 heterocycles. The van der Waals surface area contributed by atoms with E-state index in [1.54, 1.807) is 7.05 Å². The van der Waals surface area contributed by atoms with Gasteiger partial charge in [0.1, 0.15) is 6.61 Å². The summed E-state index contributed by atoms with van der Waals surface area (Å²) in [5, 5.41) is 9.94. The van der Waals surface area contributed by atoms with E-state index in [2.05, 4.69) is 4.98 Å². The van der Waals surface area contributed by atoms with Gasteiger partial charge in [0, 0.05) is 30.2 Å². The molecular formula is C13H16N2O2. The monoisotopic (exact) mass is 232 g/mol. The molecule has 2 rings (SSSR count). The van der Waals surface area contributed by atoms with Crippen molar-refractivity contribution in [3.8, 4) is 0 Å². The molecule has 0 radical (unpaired) electrons. The lowest BCUT2D eigenvalue weighted by molar-refractivity contribution is -0.133. The number of carbonyl (C=O) groups excluding carboxylic acids is 1. The summed E-state index contributed by atoms with van der Waals surface area (Å²) in [7, 11) is 1.69. The highest BCUT2D eigenvalue weighted by Crippen LogP contribution is 2.22. The molecule has 17 heavy (non-hydrogen) atoms. The minimum absolute atomic E-state index is 0.269. The molecule has 1 aromatic carbocycles. The maximum Gasteiger partial charge on any atom is 0.248 e. The van der Waals surface area contributed by atoms with Crippen LogP contribution in [-0.2, 0) is 11.3 Å². The van der Waals surface area contributed by atoms with E-state index >= 15 is 0 Å². The Balaban J connectivity index is 2.35. The first kappa shape index (κ1) is 11.7. The van der Waals surface area contributed by atoms with Crippen LogP contribution in [0.5, 0.6) is 0 Å². The van der Waals surface area contributed by atoms with E-state index in [9.17, 15) is 4.79 Å². The predicted molar refractivity (Wildman–Crippen MR) is 66.6 cm³/mol. The number of aliphatic hydroxyl groups is 1. The number of para-hydroxylation sites is 1. The Morgan fingerprint density at radius 1 is 1.41 bits per heavy atom. The number of aliphatic hydroxyl groups excluding tert-OH is 1. The highest BCUT2D eigenvalue weighted by Gasteiger charge is 2.13. The number of benzene rings is 1. The van der Waals surface area contributed by atoms with Crippen molar-refractivity contribution in [2.24, 2.45) is 0 Å². The zero-order chi connectivity index (χ0) is 12.4. The number of hydrogen-bond donors (Lipinski definition) is 2. The number of aromatic amines is 1. The zero-order valence-electron chi connectivity index (χ0n) is 10.0. The van der Waals surface area contributed by atoms with Crippen LogP contribution in [0.15, 0.2) is 24.3 Å². The molecule has 0 fully saturated rings. The van der Waals surface area contributed by atoms with E-state index in [1.165, 1.54) is 4.90 Å². The number of likely N-dealkylation sites (N-methyl/N-ethyl adjacent to an activating group) is 1. The molecule has 0 spiro atoms. The van der Waals surface area contributed by atoms with Crippen molar-refractivity contribution in [1.82, 2.24) is 9.88 Å². The third-order valence-electron chi connectivity index (χ3n) is 2.98. The molecule has 0 bridgehead atoms. The lowest BCUT2D eigenvalue weighted by Gasteiger charge is -2.15. The second-order valence-electron chi connectivity index (χ2n) is 4.18. The van der Waals surface area contributed by atoms with Gasteiger partial charge >= 0.3 is 0 Å². The Morgan fingerprint density at radius 2 is 2.12 bits per heavy atom. The number of aryl methyl sites for hydroxylation is 1. The Bertz CT molecular complexity index is 545. The highest BCUT2D eigenvalue weighted by molar-refractivity contribution is 5.85. The molecule has 0 aliphatic rings. The number of H-pyrrole nitrogens is 1. The number of aromatic nitrogens is 1.